The lowest BCUT2D eigenvalue weighted by Gasteiger charge is -2.01. The first kappa shape index (κ1) is 9.93. The van der Waals surface area contributed by atoms with E-state index in [-0.39, 0.29) is 6.29 Å². The maximum atomic E-state index is 10.5. The zero-order valence-electron chi connectivity index (χ0n) is 5.69. The maximum Gasteiger partial charge on any atom is 0.260 e. The molecule has 0 amide bonds. The molecule has 0 aromatic heterocycles. The van der Waals surface area contributed by atoms with Gasteiger partial charge in [-0.25, -0.2) is 0 Å². The molecule has 0 saturated carbocycles. The zero-order valence-corrected chi connectivity index (χ0v) is 5.69. The highest BCUT2D eigenvalue weighted by molar-refractivity contribution is 6.57. The van der Waals surface area contributed by atoms with Gasteiger partial charge in [-0.15, -0.1) is 0 Å². The second-order valence-electron chi connectivity index (χ2n) is 1.95. The largest absolute Gasteiger partial charge is 0.394 e. The fourth-order valence-electron chi connectivity index (χ4n) is 0.445. The molecule has 0 aromatic carbocycles. The molecular weight excluding hydrogens is 152 g/mol. The third-order valence-electron chi connectivity index (χ3n) is 1.01. The van der Waals surface area contributed by atoms with Crippen LogP contribution in [0.3, 0.4) is 0 Å². The Labute approximate surface area is 62.6 Å². The van der Waals surface area contributed by atoms with Gasteiger partial charge in [-0.3, -0.25) is 14.4 Å². The predicted octanol–water partition coefficient (Wildman–Crippen LogP) is -1.93. The highest BCUT2D eigenvalue weighted by Gasteiger charge is 2.16. The molecule has 0 aliphatic heterocycles. The average Bonchev–Trinajstić information content (AvgIpc) is 2.02. The number of aliphatic hydroxyl groups is 2. The standard InChI is InChI=1S/C6H8O5/c7-2-4(9)1-5(10)6(11)3-8/h3-4,7,9H,1-2H2/t4-/m0/s1. The average molecular weight is 160 g/mol. The second-order valence-corrected chi connectivity index (χ2v) is 1.95. The zero-order chi connectivity index (χ0) is 8.85. The van der Waals surface area contributed by atoms with Gasteiger partial charge in [-0.1, -0.05) is 0 Å². The molecule has 5 heteroatoms. The van der Waals surface area contributed by atoms with E-state index in [9.17, 15) is 14.4 Å². The molecular formula is C6H8O5. The number of carbonyl (C=O) groups is 3. The number of hydrogen-bond donors (Lipinski definition) is 2. The highest BCUT2D eigenvalue weighted by Crippen LogP contribution is 1.91. The Balaban J connectivity index is 3.87. The first-order valence-corrected chi connectivity index (χ1v) is 2.93. The van der Waals surface area contributed by atoms with Gasteiger partial charge in [0.2, 0.25) is 5.78 Å². The molecule has 0 unspecified atom stereocenters. The minimum absolute atomic E-state index is 0.119. The fourth-order valence-corrected chi connectivity index (χ4v) is 0.445. The molecule has 2 N–H and O–H groups in total. The van der Waals surface area contributed by atoms with Gasteiger partial charge in [-0.2, -0.15) is 0 Å². The molecule has 1 atom stereocenters. The molecule has 0 radical (unpaired) electrons. The molecule has 0 rings (SSSR count). The normalized spacial score (nSPS) is 12.2. The van der Waals surface area contributed by atoms with Crippen molar-refractivity contribution in [1.29, 1.82) is 0 Å². The SMILES string of the molecule is O=CC(=O)C(=O)C[C@H](O)CO. The van der Waals surface area contributed by atoms with E-state index in [1.54, 1.807) is 0 Å². The Morgan fingerprint density at radius 1 is 1.45 bits per heavy atom. The van der Waals surface area contributed by atoms with Crippen molar-refractivity contribution in [2.24, 2.45) is 0 Å². The molecule has 0 aliphatic carbocycles. The lowest BCUT2D eigenvalue weighted by molar-refractivity contribution is -0.141. The number of aldehydes is 1. The van der Waals surface area contributed by atoms with E-state index >= 15 is 0 Å². The van der Waals surface area contributed by atoms with Gasteiger partial charge < -0.3 is 10.2 Å². The van der Waals surface area contributed by atoms with E-state index in [1.807, 2.05) is 0 Å². The van der Waals surface area contributed by atoms with Crippen molar-refractivity contribution in [2.75, 3.05) is 6.61 Å². The molecule has 5 nitrogen and oxygen atoms in total. The van der Waals surface area contributed by atoms with Crippen LogP contribution in [0.25, 0.3) is 0 Å². The van der Waals surface area contributed by atoms with Crippen molar-refractivity contribution in [3.63, 3.8) is 0 Å². The van der Waals surface area contributed by atoms with Crippen molar-refractivity contribution in [3.05, 3.63) is 0 Å². The van der Waals surface area contributed by atoms with E-state index in [4.69, 9.17) is 10.2 Å². The van der Waals surface area contributed by atoms with Crippen LogP contribution < -0.4 is 0 Å². The van der Waals surface area contributed by atoms with Crippen LogP contribution in [0.1, 0.15) is 6.42 Å². The summed E-state index contributed by atoms with van der Waals surface area (Å²) in [5, 5.41) is 16.9. The maximum absolute atomic E-state index is 10.5. The van der Waals surface area contributed by atoms with Gasteiger partial charge in [-0.05, 0) is 0 Å². The monoisotopic (exact) mass is 160 g/mol. The number of rotatable bonds is 5. The van der Waals surface area contributed by atoms with Gasteiger partial charge in [0.25, 0.3) is 5.78 Å². The van der Waals surface area contributed by atoms with Crippen molar-refractivity contribution in [2.45, 2.75) is 12.5 Å². The molecule has 0 fully saturated rings. The van der Waals surface area contributed by atoms with Crippen molar-refractivity contribution >= 4 is 17.9 Å². The molecule has 11 heavy (non-hydrogen) atoms. The van der Waals surface area contributed by atoms with Gasteiger partial charge in [0.1, 0.15) is 0 Å². The van der Waals surface area contributed by atoms with Crippen LogP contribution in [-0.4, -0.2) is 40.8 Å². The van der Waals surface area contributed by atoms with Crippen LogP contribution in [0.4, 0.5) is 0 Å². The van der Waals surface area contributed by atoms with Gasteiger partial charge in [0, 0.05) is 6.42 Å². The molecule has 62 valence electrons. The smallest absolute Gasteiger partial charge is 0.260 e. The first-order chi connectivity index (χ1) is 5.11. The Hall–Kier alpha value is -1.07. The van der Waals surface area contributed by atoms with E-state index in [2.05, 4.69) is 0 Å². The van der Waals surface area contributed by atoms with Crippen LogP contribution in [0.2, 0.25) is 0 Å². The molecule has 0 heterocycles. The van der Waals surface area contributed by atoms with E-state index in [0.29, 0.717) is 0 Å². The summed E-state index contributed by atoms with van der Waals surface area (Å²) in [7, 11) is 0. The van der Waals surface area contributed by atoms with Crippen LogP contribution in [0.15, 0.2) is 0 Å². The van der Waals surface area contributed by atoms with E-state index in [1.165, 1.54) is 0 Å². The Kier molecular flexibility index (Phi) is 4.24. The lowest BCUT2D eigenvalue weighted by Crippen LogP contribution is -2.23. The minimum Gasteiger partial charge on any atom is -0.394 e. The lowest BCUT2D eigenvalue weighted by atomic mass is 10.1. The molecule has 0 spiro atoms. The minimum atomic E-state index is -1.26. The Bertz CT molecular complexity index is 174. The number of hydrogen-bond acceptors (Lipinski definition) is 5. The number of ketones is 2. The van der Waals surface area contributed by atoms with Crippen LogP contribution >= 0.6 is 0 Å². The van der Waals surface area contributed by atoms with Crippen LogP contribution in [0, 0.1) is 0 Å². The number of aliphatic hydroxyl groups excluding tert-OH is 2. The molecule has 0 aliphatic rings. The summed E-state index contributed by atoms with van der Waals surface area (Å²) in [5.41, 5.74) is 0. The predicted molar refractivity (Wildman–Crippen MR) is 33.8 cm³/mol. The summed E-state index contributed by atoms with van der Waals surface area (Å²) in [4.78, 5) is 30.4. The van der Waals surface area contributed by atoms with Crippen molar-refractivity contribution < 1.29 is 24.6 Å². The first-order valence-electron chi connectivity index (χ1n) is 2.93. The third kappa shape index (κ3) is 3.59. The number of Topliss-reactive ketones (excluding diaryl/α,β-unsaturated/α-hetero) is 2. The van der Waals surface area contributed by atoms with Gasteiger partial charge in [0.15, 0.2) is 6.29 Å². The van der Waals surface area contributed by atoms with Gasteiger partial charge >= 0.3 is 0 Å². The second kappa shape index (κ2) is 4.70. The van der Waals surface area contributed by atoms with E-state index < -0.39 is 30.7 Å². The van der Waals surface area contributed by atoms with Crippen LogP contribution in [0.5, 0.6) is 0 Å². The summed E-state index contributed by atoms with van der Waals surface area (Å²) in [6, 6.07) is 0. The summed E-state index contributed by atoms with van der Waals surface area (Å²) in [6.45, 7) is -0.599. The summed E-state index contributed by atoms with van der Waals surface area (Å²) < 4.78 is 0. The summed E-state index contributed by atoms with van der Waals surface area (Å²) >= 11 is 0. The Morgan fingerprint density at radius 2 is 2.00 bits per heavy atom. The molecule has 0 bridgehead atoms. The van der Waals surface area contributed by atoms with Gasteiger partial charge in [0.05, 0.1) is 12.7 Å². The summed E-state index contributed by atoms with van der Waals surface area (Å²) in [6.07, 6.45) is -1.88. The number of carbonyl (C=O) groups excluding carboxylic acids is 3. The van der Waals surface area contributed by atoms with Crippen LogP contribution in [-0.2, 0) is 14.4 Å². The molecule has 0 aromatic rings. The summed E-state index contributed by atoms with van der Waals surface area (Å²) in [5.74, 6) is -2.17. The fraction of sp³-hybridized carbons (Fsp3) is 0.500. The quantitative estimate of drug-likeness (QED) is 0.277. The van der Waals surface area contributed by atoms with Crippen molar-refractivity contribution in [3.8, 4) is 0 Å². The topological polar surface area (TPSA) is 91.7 Å². The Morgan fingerprint density at radius 3 is 2.36 bits per heavy atom. The highest BCUT2D eigenvalue weighted by atomic mass is 16.3. The molecule has 0 saturated heterocycles. The third-order valence-corrected chi connectivity index (χ3v) is 1.01. The van der Waals surface area contributed by atoms with Crippen molar-refractivity contribution in [1.82, 2.24) is 0 Å². The van der Waals surface area contributed by atoms with E-state index in [0.717, 1.165) is 0 Å².